The average molecular weight is 279 g/mol. The quantitative estimate of drug-likeness (QED) is 0.920. The van der Waals surface area contributed by atoms with Gasteiger partial charge in [0, 0.05) is 13.6 Å². The molecule has 0 aromatic heterocycles. The van der Waals surface area contributed by atoms with Crippen LogP contribution in [0.1, 0.15) is 24.8 Å². The Morgan fingerprint density at radius 1 is 1.25 bits per heavy atom. The molecule has 1 aliphatic carbocycles. The summed E-state index contributed by atoms with van der Waals surface area (Å²) in [5, 5.41) is 9.12. The fraction of sp³-hybridized carbons (Fsp3) is 0.467. The van der Waals surface area contributed by atoms with Gasteiger partial charge in [0.25, 0.3) is 0 Å². The van der Waals surface area contributed by atoms with E-state index in [2.05, 4.69) is 0 Å². The van der Waals surface area contributed by atoms with Gasteiger partial charge in [-0.05, 0) is 30.5 Å². The lowest BCUT2D eigenvalue weighted by Gasteiger charge is -2.23. The van der Waals surface area contributed by atoms with E-state index in [1.165, 1.54) is 17.0 Å². The molecule has 2 unspecified atom stereocenters. The van der Waals surface area contributed by atoms with Crippen LogP contribution in [0.4, 0.5) is 4.39 Å². The SMILES string of the molecule is CN(Cc1ccc(F)cc1)C(=O)C1CCCC1C(=O)O. The lowest BCUT2D eigenvalue weighted by atomic mass is 9.95. The third-order valence-corrected chi connectivity index (χ3v) is 3.86. The second-order valence-corrected chi connectivity index (χ2v) is 5.30. The standard InChI is InChI=1S/C15H18FNO3/c1-17(9-10-5-7-11(16)8-6-10)14(18)12-3-2-4-13(12)15(19)20/h5-8,12-13H,2-4,9H2,1H3,(H,19,20). The molecule has 0 spiro atoms. The summed E-state index contributed by atoms with van der Waals surface area (Å²) in [6, 6.07) is 5.96. The number of benzene rings is 1. The number of nitrogens with zero attached hydrogens (tertiary/aromatic N) is 1. The normalized spacial score (nSPS) is 21.7. The molecule has 0 saturated heterocycles. The van der Waals surface area contributed by atoms with Gasteiger partial charge in [-0.15, -0.1) is 0 Å². The van der Waals surface area contributed by atoms with Crippen LogP contribution in [0.15, 0.2) is 24.3 Å². The van der Waals surface area contributed by atoms with E-state index >= 15 is 0 Å². The monoisotopic (exact) mass is 279 g/mol. The molecule has 1 amide bonds. The topological polar surface area (TPSA) is 57.6 Å². The number of aliphatic carboxylic acids is 1. The summed E-state index contributed by atoms with van der Waals surface area (Å²) in [6.07, 6.45) is 1.97. The van der Waals surface area contributed by atoms with Gasteiger partial charge in [0.15, 0.2) is 0 Å². The number of halogens is 1. The first-order valence-electron chi connectivity index (χ1n) is 6.71. The molecule has 1 saturated carbocycles. The molecule has 5 heteroatoms. The van der Waals surface area contributed by atoms with E-state index < -0.39 is 17.8 Å². The highest BCUT2D eigenvalue weighted by molar-refractivity contribution is 5.85. The van der Waals surface area contributed by atoms with Gasteiger partial charge in [-0.3, -0.25) is 9.59 Å². The number of hydrogen-bond acceptors (Lipinski definition) is 2. The molecular weight excluding hydrogens is 261 g/mol. The Labute approximate surface area is 117 Å². The smallest absolute Gasteiger partial charge is 0.307 e. The van der Waals surface area contributed by atoms with Crippen molar-refractivity contribution in [2.24, 2.45) is 11.8 Å². The largest absolute Gasteiger partial charge is 0.481 e. The molecule has 108 valence electrons. The Morgan fingerprint density at radius 3 is 2.45 bits per heavy atom. The van der Waals surface area contributed by atoms with Gasteiger partial charge >= 0.3 is 5.97 Å². The molecule has 2 rings (SSSR count). The zero-order chi connectivity index (χ0) is 14.7. The van der Waals surface area contributed by atoms with Gasteiger partial charge in [-0.1, -0.05) is 18.6 Å². The number of carboxylic acids is 1. The van der Waals surface area contributed by atoms with Gasteiger partial charge in [-0.25, -0.2) is 4.39 Å². The van der Waals surface area contributed by atoms with Crippen molar-refractivity contribution in [3.8, 4) is 0 Å². The summed E-state index contributed by atoms with van der Waals surface area (Å²) in [5.74, 6) is -2.35. The average Bonchev–Trinajstić information content (AvgIpc) is 2.90. The van der Waals surface area contributed by atoms with Crippen LogP contribution in [0.3, 0.4) is 0 Å². The van der Waals surface area contributed by atoms with Crippen molar-refractivity contribution in [1.82, 2.24) is 4.90 Å². The fourth-order valence-electron chi connectivity index (χ4n) is 2.78. The molecule has 4 nitrogen and oxygen atoms in total. The number of amides is 1. The highest BCUT2D eigenvalue weighted by Gasteiger charge is 2.38. The maximum atomic E-state index is 12.8. The summed E-state index contributed by atoms with van der Waals surface area (Å²) in [5.41, 5.74) is 0.826. The number of rotatable bonds is 4. The van der Waals surface area contributed by atoms with Crippen LogP contribution < -0.4 is 0 Å². The highest BCUT2D eigenvalue weighted by Crippen LogP contribution is 2.33. The van der Waals surface area contributed by atoms with Crippen LogP contribution in [0.2, 0.25) is 0 Å². The summed E-state index contributed by atoms with van der Waals surface area (Å²) in [4.78, 5) is 25.0. The van der Waals surface area contributed by atoms with Gasteiger partial charge < -0.3 is 10.0 Å². The van der Waals surface area contributed by atoms with Crippen LogP contribution in [-0.2, 0) is 16.1 Å². The Kier molecular flexibility index (Phi) is 4.37. The van der Waals surface area contributed by atoms with Crippen LogP contribution in [0.25, 0.3) is 0 Å². The predicted octanol–water partition coefficient (Wildman–Crippen LogP) is 2.29. The van der Waals surface area contributed by atoms with Crippen LogP contribution in [-0.4, -0.2) is 28.9 Å². The fourth-order valence-corrected chi connectivity index (χ4v) is 2.78. The molecule has 1 fully saturated rings. The van der Waals surface area contributed by atoms with E-state index in [0.717, 1.165) is 12.0 Å². The van der Waals surface area contributed by atoms with E-state index in [1.54, 1.807) is 19.2 Å². The lowest BCUT2D eigenvalue weighted by Crippen LogP contribution is -2.36. The van der Waals surface area contributed by atoms with Gasteiger partial charge in [0.1, 0.15) is 5.82 Å². The summed E-state index contributed by atoms with van der Waals surface area (Å²) in [7, 11) is 1.66. The Balaban J connectivity index is 2.01. The molecule has 1 aromatic rings. The Bertz CT molecular complexity index is 500. The first kappa shape index (κ1) is 14.5. The van der Waals surface area contributed by atoms with E-state index in [1.807, 2.05) is 0 Å². The Hall–Kier alpha value is -1.91. The Morgan fingerprint density at radius 2 is 1.85 bits per heavy atom. The minimum Gasteiger partial charge on any atom is -0.481 e. The summed E-state index contributed by atoms with van der Waals surface area (Å²) >= 11 is 0. The van der Waals surface area contributed by atoms with Crippen molar-refractivity contribution in [3.63, 3.8) is 0 Å². The zero-order valence-corrected chi connectivity index (χ0v) is 11.4. The van der Waals surface area contributed by atoms with Gasteiger partial charge in [-0.2, -0.15) is 0 Å². The molecule has 1 N–H and O–H groups in total. The second-order valence-electron chi connectivity index (χ2n) is 5.30. The number of hydrogen-bond donors (Lipinski definition) is 1. The van der Waals surface area contributed by atoms with Crippen molar-refractivity contribution in [3.05, 3.63) is 35.6 Å². The van der Waals surface area contributed by atoms with E-state index in [9.17, 15) is 14.0 Å². The first-order valence-corrected chi connectivity index (χ1v) is 6.71. The molecule has 20 heavy (non-hydrogen) atoms. The van der Waals surface area contributed by atoms with Crippen LogP contribution >= 0.6 is 0 Å². The van der Waals surface area contributed by atoms with E-state index in [-0.39, 0.29) is 11.7 Å². The van der Waals surface area contributed by atoms with Crippen LogP contribution in [0, 0.1) is 17.7 Å². The number of carboxylic acid groups (broad SMARTS) is 1. The minimum atomic E-state index is -0.893. The third-order valence-electron chi connectivity index (χ3n) is 3.86. The maximum absolute atomic E-state index is 12.8. The van der Waals surface area contributed by atoms with Crippen LogP contribution in [0.5, 0.6) is 0 Å². The molecular formula is C15H18FNO3. The predicted molar refractivity (Wildman–Crippen MR) is 71.3 cm³/mol. The molecule has 1 aliphatic rings. The third kappa shape index (κ3) is 3.15. The molecule has 0 bridgehead atoms. The maximum Gasteiger partial charge on any atom is 0.307 e. The minimum absolute atomic E-state index is 0.140. The lowest BCUT2D eigenvalue weighted by molar-refractivity contribution is -0.148. The van der Waals surface area contributed by atoms with Crippen molar-refractivity contribution in [1.29, 1.82) is 0 Å². The number of carbonyl (C=O) groups is 2. The van der Waals surface area contributed by atoms with E-state index in [4.69, 9.17) is 5.11 Å². The summed E-state index contributed by atoms with van der Waals surface area (Å²) in [6.45, 7) is 0.363. The van der Waals surface area contributed by atoms with E-state index in [0.29, 0.717) is 19.4 Å². The molecule has 0 aliphatic heterocycles. The van der Waals surface area contributed by atoms with Gasteiger partial charge in [0.2, 0.25) is 5.91 Å². The van der Waals surface area contributed by atoms with Gasteiger partial charge in [0.05, 0.1) is 11.8 Å². The zero-order valence-electron chi connectivity index (χ0n) is 11.4. The van der Waals surface area contributed by atoms with Crippen molar-refractivity contribution < 1.29 is 19.1 Å². The van der Waals surface area contributed by atoms with Crippen molar-refractivity contribution >= 4 is 11.9 Å². The highest BCUT2D eigenvalue weighted by atomic mass is 19.1. The molecule has 2 atom stereocenters. The molecule has 0 radical (unpaired) electrons. The van der Waals surface area contributed by atoms with Crippen molar-refractivity contribution in [2.75, 3.05) is 7.05 Å². The molecule has 1 aromatic carbocycles. The summed E-state index contributed by atoms with van der Waals surface area (Å²) < 4.78 is 12.8. The molecule has 0 heterocycles. The second kappa shape index (κ2) is 6.03. The number of carbonyl (C=O) groups excluding carboxylic acids is 1. The van der Waals surface area contributed by atoms with Crippen molar-refractivity contribution in [2.45, 2.75) is 25.8 Å². The first-order chi connectivity index (χ1) is 9.49.